The highest BCUT2D eigenvalue weighted by Gasteiger charge is 2.14. The van der Waals surface area contributed by atoms with E-state index in [1.807, 2.05) is 0 Å². The summed E-state index contributed by atoms with van der Waals surface area (Å²) in [7, 11) is 6.36. The lowest BCUT2D eigenvalue weighted by Crippen LogP contribution is -2.28. The smallest absolute Gasteiger partial charge is 0.0998 e. The van der Waals surface area contributed by atoms with Gasteiger partial charge in [-0.3, -0.25) is 4.90 Å². The van der Waals surface area contributed by atoms with Gasteiger partial charge in [-0.05, 0) is 75.4 Å². The van der Waals surface area contributed by atoms with Crippen LogP contribution in [0.5, 0.6) is 0 Å². The van der Waals surface area contributed by atoms with E-state index < -0.39 is 0 Å². The van der Waals surface area contributed by atoms with Crippen LogP contribution in [0.3, 0.4) is 0 Å². The normalized spacial score (nSPS) is 19.0. The Morgan fingerprint density at radius 1 is 1.11 bits per heavy atom. The van der Waals surface area contributed by atoms with Crippen LogP contribution in [-0.2, 0) is 6.54 Å². The zero-order valence-electron chi connectivity index (χ0n) is 17.5. The Morgan fingerprint density at radius 2 is 1.96 bits per heavy atom. The molecular weight excluding hydrogens is 344 g/mol. The number of rotatable bonds is 5. The number of benzene rings is 1. The fraction of sp³-hybridized carbons (Fsp3) is 0.458. The largest absolute Gasteiger partial charge is 0.305 e. The van der Waals surface area contributed by atoms with Gasteiger partial charge in [0.15, 0.2) is 0 Å². The first kappa shape index (κ1) is 20.5. The summed E-state index contributed by atoms with van der Waals surface area (Å²) in [6, 6.07) is 8.86. The Hall–Kier alpha value is -2.19. The second kappa shape index (κ2) is 9.84. The summed E-state index contributed by atoms with van der Waals surface area (Å²) in [6.07, 6.45) is 10.8. The molecule has 0 spiro atoms. The molecule has 0 N–H and O–H groups in total. The van der Waals surface area contributed by atoms with E-state index in [0.717, 1.165) is 50.3 Å². The summed E-state index contributed by atoms with van der Waals surface area (Å²) < 4.78 is 0. The van der Waals surface area contributed by atoms with Crippen molar-refractivity contribution in [3.05, 3.63) is 64.8 Å². The van der Waals surface area contributed by atoms with Crippen LogP contribution in [-0.4, -0.2) is 68.6 Å². The molecule has 0 saturated carbocycles. The molecule has 4 nitrogen and oxygen atoms in total. The monoisotopic (exact) mass is 376 g/mol. The topological polar surface area (TPSA) is 33.5 Å². The molecule has 1 saturated heterocycles. The summed E-state index contributed by atoms with van der Waals surface area (Å²) in [5.74, 6) is 0. The van der Waals surface area contributed by atoms with Gasteiger partial charge in [0.1, 0.15) is 0 Å². The SMILES string of the molecule is CN(C)CC1=CC=C(c2ccc(CN3CCCN(C)CC3)cc2C#N)CC=C1. The fourth-order valence-corrected chi connectivity index (χ4v) is 3.92. The molecule has 4 heteroatoms. The summed E-state index contributed by atoms with van der Waals surface area (Å²) in [6.45, 7) is 6.36. The molecule has 1 heterocycles. The van der Waals surface area contributed by atoms with Crippen LogP contribution in [0, 0.1) is 11.3 Å². The highest BCUT2D eigenvalue weighted by Crippen LogP contribution is 2.26. The molecule has 3 rings (SSSR count). The Morgan fingerprint density at radius 3 is 2.75 bits per heavy atom. The van der Waals surface area contributed by atoms with Crippen molar-refractivity contribution in [1.29, 1.82) is 5.26 Å². The molecular formula is C24H32N4. The molecule has 1 aliphatic carbocycles. The standard InChI is InChI=1S/C24H32N4/c1-26(2)18-20-6-4-7-22(10-8-20)24-11-9-21(16-23(24)17-25)19-28-13-5-12-27(3)14-15-28/h4,6,8-11,16H,5,7,12-15,18-19H2,1-3H3. The minimum Gasteiger partial charge on any atom is -0.305 e. The number of allylic oxidation sites excluding steroid dienone is 4. The molecule has 1 aliphatic heterocycles. The van der Waals surface area contributed by atoms with Crippen LogP contribution in [0.1, 0.15) is 29.5 Å². The summed E-state index contributed by atoms with van der Waals surface area (Å²) in [5.41, 5.74) is 5.59. The van der Waals surface area contributed by atoms with Gasteiger partial charge < -0.3 is 9.80 Å². The van der Waals surface area contributed by atoms with E-state index in [4.69, 9.17) is 0 Å². The van der Waals surface area contributed by atoms with Crippen molar-refractivity contribution < 1.29 is 0 Å². The molecule has 1 fully saturated rings. The first-order chi connectivity index (χ1) is 13.5. The molecule has 0 atom stereocenters. The maximum atomic E-state index is 9.76. The Balaban J connectivity index is 1.76. The van der Waals surface area contributed by atoms with Crippen molar-refractivity contribution in [1.82, 2.24) is 14.7 Å². The van der Waals surface area contributed by atoms with E-state index >= 15 is 0 Å². The molecule has 28 heavy (non-hydrogen) atoms. The van der Waals surface area contributed by atoms with E-state index in [1.54, 1.807) is 0 Å². The second-order valence-electron chi connectivity index (χ2n) is 8.20. The number of nitriles is 1. The van der Waals surface area contributed by atoms with Crippen LogP contribution in [0.4, 0.5) is 0 Å². The zero-order valence-corrected chi connectivity index (χ0v) is 17.5. The van der Waals surface area contributed by atoms with E-state index in [1.165, 1.54) is 29.7 Å². The maximum Gasteiger partial charge on any atom is 0.0998 e. The summed E-state index contributed by atoms with van der Waals surface area (Å²) in [5, 5.41) is 9.76. The minimum absolute atomic E-state index is 0.786. The minimum atomic E-state index is 0.786. The average Bonchev–Trinajstić information content (AvgIpc) is 3.02. The lowest BCUT2D eigenvalue weighted by atomic mass is 9.95. The van der Waals surface area contributed by atoms with Gasteiger partial charge >= 0.3 is 0 Å². The van der Waals surface area contributed by atoms with Gasteiger partial charge in [-0.15, -0.1) is 0 Å². The molecule has 1 aromatic rings. The van der Waals surface area contributed by atoms with Crippen LogP contribution in [0.25, 0.3) is 5.57 Å². The zero-order chi connectivity index (χ0) is 19.9. The first-order valence-electron chi connectivity index (χ1n) is 10.2. The predicted octanol–water partition coefficient (Wildman–Crippen LogP) is 3.53. The van der Waals surface area contributed by atoms with Gasteiger partial charge in [-0.1, -0.05) is 36.4 Å². The molecule has 148 valence electrons. The van der Waals surface area contributed by atoms with Crippen LogP contribution < -0.4 is 0 Å². The lowest BCUT2D eigenvalue weighted by Gasteiger charge is -2.20. The molecule has 0 amide bonds. The quantitative estimate of drug-likeness (QED) is 0.787. The third-order valence-electron chi connectivity index (χ3n) is 5.44. The van der Waals surface area contributed by atoms with E-state index in [0.29, 0.717) is 0 Å². The van der Waals surface area contributed by atoms with Gasteiger partial charge in [0, 0.05) is 26.2 Å². The van der Waals surface area contributed by atoms with Crippen LogP contribution >= 0.6 is 0 Å². The van der Waals surface area contributed by atoms with E-state index in [9.17, 15) is 5.26 Å². The highest BCUT2D eigenvalue weighted by atomic mass is 15.2. The number of hydrogen-bond acceptors (Lipinski definition) is 4. The lowest BCUT2D eigenvalue weighted by molar-refractivity contribution is 0.269. The van der Waals surface area contributed by atoms with Crippen LogP contribution in [0.2, 0.25) is 0 Å². The maximum absolute atomic E-state index is 9.76. The third kappa shape index (κ3) is 5.65. The average molecular weight is 377 g/mol. The van der Waals surface area contributed by atoms with Crippen molar-refractivity contribution in [2.75, 3.05) is 53.9 Å². The van der Waals surface area contributed by atoms with Gasteiger partial charge in [-0.2, -0.15) is 5.26 Å². The van der Waals surface area contributed by atoms with Crippen molar-refractivity contribution in [3.8, 4) is 6.07 Å². The Kier molecular flexibility index (Phi) is 7.22. The number of likely N-dealkylation sites (N-methyl/N-ethyl adjacent to an activating group) is 2. The Bertz CT molecular complexity index is 810. The first-order valence-corrected chi connectivity index (χ1v) is 10.2. The predicted molar refractivity (Wildman–Crippen MR) is 117 cm³/mol. The molecule has 0 bridgehead atoms. The highest BCUT2D eigenvalue weighted by molar-refractivity contribution is 5.74. The third-order valence-corrected chi connectivity index (χ3v) is 5.44. The molecule has 1 aromatic carbocycles. The van der Waals surface area contributed by atoms with Crippen molar-refractivity contribution in [2.45, 2.75) is 19.4 Å². The number of nitrogens with zero attached hydrogens (tertiary/aromatic N) is 4. The fourth-order valence-electron chi connectivity index (χ4n) is 3.92. The molecule has 2 aliphatic rings. The van der Waals surface area contributed by atoms with Gasteiger partial charge in [0.25, 0.3) is 0 Å². The van der Waals surface area contributed by atoms with Crippen molar-refractivity contribution in [2.24, 2.45) is 0 Å². The van der Waals surface area contributed by atoms with E-state index in [2.05, 4.69) is 84.4 Å². The van der Waals surface area contributed by atoms with Gasteiger partial charge in [-0.25, -0.2) is 0 Å². The number of hydrogen-bond donors (Lipinski definition) is 0. The molecule has 0 radical (unpaired) electrons. The second-order valence-corrected chi connectivity index (χ2v) is 8.20. The van der Waals surface area contributed by atoms with Crippen LogP contribution in [0.15, 0.2) is 48.1 Å². The van der Waals surface area contributed by atoms with Crippen molar-refractivity contribution >= 4 is 5.57 Å². The van der Waals surface area contributed by atoms with Gasteiger partial charge in [0.2, 0.25) is 0 Å². The summed E-state index contributed by atoms with van der Waals surface area (Å²) >= 11 is 0. The molecule has 0 unspecified atom stereocenters. The Labute approximate surface area is 170 Å². The van der Waals surface area contributed by atoms with E-state index in [-0.39, 0.29) is 0 Å². The van der Waals surface area contributed by atoms with Gasteiger partial charge in [0.05, 0.1) is 11.6 Å². The molecule has 0 aromatic heterocycles. The summed E-state index contributed by atoms with van der Waals surface area (Å²) in [4.78, 5) is 7.07. The van der Waals surface area contributed by atoms with Crippen molar-refractivity contribution in [3.63, 3.8) is 0 Å².